The van der Waals surface area contributed by atoms with Gasteiger partial charge in [-0.15, -0.1) is 0 Å². The monoisotopic (exact) mass is 386 g/mol. The predicted molar refractivity (Wildman–Crippen MR) is 111 cm³/mol. The van der Waals surface area contributed by atoms with Crippen LogP contribution in [0, 0.1) is 0 Å². The number of amides is 2. The van der Waals surface area contributed by atoms with Gasteiger partial charge in [-0.25, -0.2) is 0 Å². The fraction of sp³-hybridized carbons (Fsp3) is 0.167. The second-order valence-electron chi connectivity index (χ2n) is 7.11. The van der Waals surface area contributed by atoms with Crippen molar-refractivity contribution in [3.8, 4) is 11.1 Å². The molecular weight excluding hydrogens is 364 g/mol. The molecule has 1 atom stereocenters. The van der Waals surface area contributed by atoms with Crippen LogP contribution < -0.4 is 5.32 Å². The minimum absolute atomic E-state index is 0.166. The first-order valence-electron chi connectivity index (χ1n) is 9.55. The zero-order chi connectivity index (χ0) is 20.2. The topological polar surface area (TPSA) is 62.6 Å². The first kappa shape index (κ1) is 18.7. The van der Waals surface area contributed by atoms with Gasteiger partial charge in [0.25, 0.3) is 5.91 Å². The van der Waals surface area contributed by atoms with Gasteiger partial charge in [-0.3, -0.25) is 9.59 Å². The van der Waals surface area contributed by atoms with Gasteiger partial charge in [-0.05, 0) is 35.7 Å². The van der Waals surface area contributed by atoms with Crippen LogP contribution in [0.5, 0.6) is 0 Å². The average Bonchev–Trinajstić information content (AvgIpc) is 3.42. The summed E-state index contributed by atoms with van der Waals surface area (Å²) < 4.78 is 5.26. The molecule has 0 radical (unpaired) electrons. The van der Waals surface area contributed by atoms with Gasteiger partial charge in [0.2, 0.25) is 5.91 Å². The summed E-state index contributed by atoms with van der Waals surface area (Å²) in [4.78, 5) is 27.8. The molecule has 1 aromatic heterocycles. The third-order valence-corrected chi connectivity index (χ3v) is 5.07. The maximum atomic E-state index is 13.4. The van der Waals surface area contributed by atoms with Crippen LogP contribution in [0.2, 0.25) is 0 Å². The minimum Gasteiger partial charge on any atom is -0.467 e. The van der Waals surface area contributed by atoms with E-state index in [2.05, 4.69) is 11.9 Å². The fourth-order valence-electron chi connectivity index (χ4n) is 3.65. The third-order valence-electron chi connectivity index (χ3n) is 5.07. The van der Waals surface area contributed by atoms with Crippen molar-refractivity contribution in [1.82, 2.24) is 10.2 Å². The maximum absolute atomic E-state index is 13.4. The lowest BCUT2D eigenvalue weighted by Crippen LogP contribution is -2.45. The average molecular weight is 386 g/mol. The van der Waals surface area contributed by atoms with E-state index in [1.165, 1.54) is 0 Å². The fourth-order valence-corrected chi connectivity index (χ4v) is 3.65. The Hall–Kier alpha value is -3.60. The highest BCUT2D eigenvalue weighted by atomic mass is 16.3. The van der Waals surface area contributed by atoms with Crippen molar-refractivity contribution in [1.29, 1.82) is 0 Å². The highest BCUT2D eigenvalue weighted by molar-refractivity contribution is 6.03. The number of nitrogens with zero attached hydrogens (tertiary/aromatic N) is 1. The summed E-state index contributed by atoms with van der Waals surface area (Å²) in [6.45, 7) is 4.68. The molecule has 146 valence electrons. The molecule has 1 saturated heterocycles. The number of furan rings is 1. The molecule has 2 aromatic carbocycles. The van der Waals surface area contributed by atoms with E-state index in [0.29, 0.717) is 24.3 Å². The van der Waals surface area contributed by atoms with E-state index in [4.69, 9.17) is 4.42 Å². The molecule has 0 unspecified atom stereocenters. The van der Waals surface area contributed by atoms with E-state index in [9.17, 15) is 9.59 Å². The molecule has 2 heterocycles. The Morgan fingerprint density at radius 3 is 2.55 bits per heavy atom. The summed E-state index contributed by atoms with van der Waals surface area (Å²) in [6.07, 6.45) is 2.03. The Bertz CT molecular complexity index is 1030. The van der Waals surface area contributed by atoms with Gasteiger partial charge in [-0.2, -0.15) is 0 Å². The van der Waals surface area contributed by atoms with Gasteiger partial charge in [0.15, 0.2) is 0 Å². The van der Waals surface area contributed by atoms with Gasteiger partial charge >= 0.3 is 0 Å². The van der Waals surface area contributed by atoms with Crippen LogP contribution in [0.3, 0.4) is 0 Å². The van der Waals surface area contributed by atoms with E-state index in [1.807, 2.05) is 54.6 Å². The van der Waals surface area contributed by atoms with E-state index in [-0.39, 0.29) is 18.4 Å². The minimum atomic E-state index is -0.575. The summed E-state index contributed by atoms with van der Waals surface area (Å²) in [6, 6.07) is 20.3. The number of benzene rings is 2. The summed E-state index contributed by atoms with van der Waals surface area (Å²) >= 11 is 0. The van der Waals surface area contributed by atoms with Crippen LogP contribution in [-0.2, 0) is 11.3 Å². The number of carbonyl (C=O) groups is 2. The lowest BCUT2D eigenvalue weighted by molar-refractivity contribution is -0.125. The maximum Gasteiger partial charge on any atom is 0.255 e. The molecule has 4 rings (SSSR count). The summed E-state index contributed by atoms with van der Waals surface area (Å²) in [5.74, 6) is 0.300. The Morgan fingerprint density at radius 2 is 1.79 bits per heavy atom. The number of likely N-dealkylation sites (tertiary alicyclic amines) is 1. The van der Waals surface area contributed by atoms with Gasteiger partial charge in [-0.1, -0.05) is 60.7 Å². The Labute approximate surface area is 169 Å². The molecular formula is C24H22N2O3. The van der Waals surface area contributed by atoms with E-state index < -0.39 is 6.04 Å². The van der Waals surface area contributed by atoms with Crippen molar-refractivity contribution >= 4 is 11.8 Å². The highest BCUT2D eigenvalue weighted by Gasteiger charge is 2.37. The zero-order valence-electron chi connectivity index (χ0n) is 16.0. The summed E-state index contributed by atoms with van der Waals surface area (Å²) in [5, 5.41) is 2.86. The van der Waals surface area contributed by atoms with Crippen LogP contribution in [0.4, 0.5) is 0 Å². The van der Waals surface area contributed by atoms with E-state index in [0.717, 1.165) is 16.7 Å². The highest BCUT2D eigenvalue weighted by Crippen LogP contribution is 2.29. The first-order valence-corrected chi connectivity index (χ1v) is 9.55. The standard InChI is InChI=1S/C24H22N2O3/c1-17-14-22(23(27)25-15-19-10-7-13-29-19)26(16-17)24(28)21-12-6-5-11-20(21)18-8-3-2-4-9-18/h2-13,22H,1,14-16H2,(H,25,27)/t22-/m0/s1. The van der Waals surface area contributed by atoms with Crippen molar-refractivity contribution in [2.24, 2.45) is 0 Å². The Morgan fingerprint density at radius 1 is 1.03 bits per heavy atom. The zero-order valence-corrected chi connectivity index (χ0v) is 16.0. The number of nitrogens with one attached hydrogen (secondary N) is 1. The van der Waals surface area contributed by atoms with Crippen molar-refractivity contribution in [3.63, 3.8) is 0 Å². The van der Waals surface area contributed by atoms with Crippen molar-refractivity contribution in [2.45, 2.75) is 19.0 Å². The molecule has 29 heavy (non-hydrogen) atoms. The van der Waals surface area contributed by atoms with Crippen molar-refractivity contribution in [3.05, 3.63) is 96.5 Å². The second-order valence-corrected chi connectivity index (χ2v) is 7.11. The molecule has 0 saturated carbocycles. The van der Waals surface area contributed by atoms with Crippen molar-refractivity contribution < 1.29 is 14.0 Å². The van der Waals surface area contributed by atoms with Crippen LogP contribution in [0.15, 0.2) is 89.6 Å². The number of carbonyl (C=O) groups excluding carboxylic acids is 2. The normalized spacial score (nSPS) is 16.1. The quantitative estimate of drug-likeness (QED) is 0.674. The Balaban J connectivity index is 1.57. The SMILES string of the molecule is C=C1C[C@@H](C(=O)NCc2ccco2)N(C(=O)c2ccccc2-c2ccccc2)C1. The van der Waals surface area contributed by atoms with E-state index in [1.54, 1.807) is 23.3 Å². The van der Waals surface area contributed by atoms with Gasteiger partial charge in [0.05, 0.1) is 12.8 Å². The van der Waals surface area contributed by atoms with Crippen LogP contribution in [0.25, 0.3) is 11.1 Å². The van der Waals surface area contributed by atoms with Crippen LogP contribution in [0.1, 0.15) is 22.5 Å². The number of hydrogen-bond acceptors (Lipinski definition) is 3. The third kappa shape index (κ3) is 3.99. The molecule has 5 nitrogen and oxygen atoms in total. The van der Waals surface area contributed by atoms with Crippen LogP contribution in [-0.4, -0.2) is 29.3 Å². The molecule has 3 aromatic rings. The number of hydrogen-bond donors (Lipinski definition) is 1. The molecule has 0 bridgehead atoms. The molecule has 1 aliphatic heterocycles. The van der Waals surface area contributed by atoms with Gasteiger partial charge in [0.1, 0.15) is 11.8 Å². The van der Waals surface area contributed by atoms with E-state index >= 15 is 0 Å². The molecule has 1 fully saturated rings. The van der Waals surface area contributed by atoms with Gasteiger partial charge < -0.3 is 14.6 Å². The molecule has 1 N–H and O–H groups in total. The second kappa shape index (κ2) is 8.19. The van der Waals surface area contributed by atoms with Gasteiger partial charge in [0, 0.05) is 12.1 Å². The Kier molecular flexibility index (Phi) is 5.29. The lowest BCUT2D eigenvalue weighted by Gasteiger charge is -2.24. The molecule has 1 aliphatic rings. The lowest BCUT2D eigenvalue weighted by atomic mass is 9.98. The summed E-state index contributed by atoms with van der Waals surface area (Å²) in [7, 11) is 0. The first-order chi connectivity index (χ1) is 14.1. The summed E-state index contributed by atoms with van der Waals surface area (Å²) in [5.41, 5.74) is 3.27. The molecule has 0 spiro atoms. The molecule has 0 aliphatic carbocycles. The predicted octanol–water partition coefficient (Wildman–Crippen LogP) is 4.03. The largest absolute Gasteiger partial charge is 0.467 e. The van der Waals surface area contributed by atoms with Crippen LogP contribution >= 0.6 is 0 Å². The molecule has 5 heteroatoms. The smallest absolute Gasteiger partial charge is 0.255 e. The van der Waals surface area contributed by atoms with Crippen molar-refractivity contribution in [2.75, 3.05) is 6.54 Å². The number of rotatable bonds is 5. The molecule has 2 amide bonds.